The van der Waals surface area contributed by atoms with Crippen LogP contribution in [0.25, 0.3) is 10.9 Å². The van der Waals surface area contributed by atoms with Crippen molar-refractivity contribution in [3.63, 3.8) is 0 Å². The summed E-state index contributed by atoms with van der Waals surface area (Å²) in [5, 5.41) is 3.69. The van der Waals surface area contributed by atoms with E-state index in [1.54, 1.807) is 36.4 Å². The summed E-state index contributed by atoms with van der Waals surface area (Å²) < 4.78 is 37.5. The number of para-hydroxylation sites is 1. The zero-order valence-electron chi connectivity index (χ0n) is 13.4. The maximum absolute atomic E-state index is 13.1. The summed E-state index contributed by atoms with van der Waals surface area (Å²) >= 11 is 3.39. The molecule has 3 aromatic rings. The predicted octanol–water partition coefficient (Wildman–Crippen LogP) is 5.09. The molecule has 25 heavy (non-hydrogen) atoms. The van der Waals surface area contributed by atoms with Gasteiger partial charge in [-0.25, -0.2) is 18.7 Å². The molecular weight excluding hydrogens is 396 g/mol. The second-order valence-electron chi connectivity index (χ2n) is 5.07. The van der Waals surface area contributed by atoms with Gasteiger partial charge in [0.15, 0.2) is 5.82 Å². The van der Waals surface area contributed by atoms with Crippen molar-refractivity contribution in [3.05, 3.63) is 46.7 Å². The Morgan fingerprint density at radius 2 is 1.68 bits per heavy atom. The molecule has 0 aliphatic rings. The molecule has 0 saturated heterocycles. The molecule has 0 aliphatic heterocycles. The maximum Gasteiger partial charge on any atom is 0.297 e. The molecule has 3 rings (SSSR count). The van der Waals surface area contributed by atoms with E-state index in [9.17, 15) is 8.78 Å². The van der Waals surface area contributed by atoms with E-state index in [1.807, 2.05) is 0 Å². The zero-order chi connectivity index (χ0) is 18.0. The molecule has 1 aromatic heterocycles. The average molecular weight is 410 g/mol. The lowest BCUT2D eigenvalue weighted by atomic mass is 10.2. The molecule has 0 unspecified atom stereocenters. The first kappa shape index (κ1) is 17.3. The smallest absolute Gasteiger partial charge is 0.297 e. The van der Waals surface area contributed by atoms with Gasteiger partial charge in [-0.05, 0) is 28.1 Å². The van der Waals surface area contributed by atoms with Gasteiger partial charge in [0.25, 0.3) is 6.43 Å². The molecule has 0 bridgehead atoms. The maximum atomic E-state index is 13.1. The third kappa shape index (κ3) is 3.48. The van der Waals surface area contributed by atoms with Crippen molar-refractivity contribution >= 4 is 38.3 Å². The van der Waals surface area contributed by atoms with Crippen molar-refractivity contribution in [2.75, 3.05) is 19.5 Å². The van der Waals surface area contributed by atoms with E-state index in [-0.39, 0.29) is 5.82 Å². The topological polar surface area (TPSA) is 56.3 Å². The highest BCUT2D eigenvalue weighted by Gasteiger charge is 2.16. The van der Waals surface area contributed by atoms with Crippen LogP contribution in [0.2, 0.25) is 0 Å². The molecule has 0 saturated carbocycles. The summed E-state index contributed by atoms with van der Waals surface area (Å²) in [6, 6.07) is 10.4. The molecule has 0 fully saturated rings. The van der Waals surface area contributed by atoms with Crippen molar-refractivity contribution in [1.82, 2.24) is 9.97 Å². The number of anilines is 2. The standard InChI is InChI=1S/C17H14BrF2N3O2/c1-24-12-7-9(8-13(25-2)14(12)18)21-16-10-5-3-4-6-11(10)22-17(23-16)15(19)20/h3-8,15H,1-2H3,(H,21,22,23). The molecule has 8 heteroatoms. The molecule has 2 aromatic carbocycles. The van der Waals surface area contributed by atoms with Crippen LogP contribution in [-0.4, -0.2) is 24.2 Å². The van der Waals surface area contributed by atoms with Crippen molar-refractivity contribution < 1.29 is 18.3 Å². The van der Waals surface area contributed by atoms with E-state index in [1.165, 1.54) is 14.2 Å². The second-order valence-corrected chi connectivity index (χ2v) is 5.86. The van der Waals surface area contributed by atoms with E-state index in [0.29, 0.717) is 32.6 Å². The fourth-order valence-corrected chi connectivity index (χ4v) is 2.92. The summed E-state index contributed by atoms with van der Waals surface area (Å²) in [4.78, 5) is 7.86. The zero-order valence-corrected chi connectivity index (χ0v) is 15.0. The largest absolute Gasteiger partial charge is 0.495 e. The van der Waals surface area contributed by atoms with Gasteiger partial charge in [-0.1, -0.05) is 12.1 Å². The third-order valence-electron chi connectivity index (χ3n) is 3.52. The van der Waals surface area contributed by atoms with Crippen LogP contribution in [-0.2, 0) is 0 Å². The summed E-state index contributed by atoms with van der Waals surface area (Å²) in [6.45, 7) is 0. The van der Waals surface area contributed by atoms with Gasteiger partial charge < -0.3 is 14.8 Å². The van der Waals surface area contributed by atoms with Gasteiger partial charge in [0.1, 0.15) is 21.8 Å². The number of alkyl halides is 2. The van der Waals surface area contributed by atoms with E-state index in [0.717, 1.165) is 0 Å². The fraction of sp³-hybridized carbons (Fsp3) is 0.176. The number of nitrogens with one attached hydrogen (secondary N) is 1. The number of methoxy groups -OCH3 is 2. The van der Waals surface area contributed by atoms with Gasteiger partial charge in [0.05, 0.1) is 19.7 Å². The number of hydrogen-bond donors (Lipinski definition) is 1. The Morgan fingerprint density at radius 3 is 2.28 bits per heavy atom. The first-order valence-corrected chi connectivity index (χ1v) is 8.06. The summed E-state index contributed by atoms with van der Waals surface area (Å²) in [5.74, 6) is 0.827. The lowest BCUT2D eigenvalue weighted by molar-refractivity contribution is 0.141. The molecule has 130 valence electrons. The summed E-state index contributed by atoms with van der Waals surface area (Å²) in [6.07, 6.45) is -2.76. The normalized spacial score (nSPS) is 11.0. The van der Waals surface area contributed by atoms with Crippen LogP contribution in [0.4, 0.5) is 20.3 Å². The molecule has 0 amide bonds. The minimum absolute atomic E-state index is 0.285. The number of rotatable bonds is 5. The lowest BCUT2D eigenvalue weighted by Gasteiger charge is -2.14. The van der Waals surface area contributed by atoms with Crippen molar-refractivity contribution in [3.8, 4) is 11.5 Å². The Hall–Kier alpha value is -2.48. The van der Waals surface area contributed by atoms with Gasteiger partial charge >= 0.3 is 0 Å². The highest BCUT2D eigenvalue weighted by atomic mass is 79.9. The van der Waals surface area contributed by atoms with Gasteiger partial charge in [0, 0.05) is 23.2 Å². The third-order valence-corrected chi connectivity index (χ3v) is 4.31. The Bertz CT molecular complexity index is 897. The quantitative estimate of drug-likeness (QED) is 0.635. The molecule has 0 spiro atoms. The van der Waals surface area contributed by atoms with Gasteiger partial charge in [-0.2, -0.15) is 0 Å². The Balaban J connectivity index is 2.11. The SMILES string of the molecule is COc1cc(Nc2nc(C(F)F)nc3ccccc23)cc(OC)c1Br. The van der Waals surface area contributed by atoms with E-state index in [4.69, 9.17) is 9.47 Å². The monoisotopic (exact) mass is 409 g/mol. The van der Waals surface area contributed by atoms with Gasteiger partial charge in [-0.3, -0.25) is 0 Å². The highest BCUT2D eigenvalue weighted by Crippen LogP contribution is 2.38. The van der Waals surface area contributed by atoms with Crippen LogP contribution in [0, 0.1) is 0 Å². The Kier molecular flexibility index (Phi) is 4.98. The van der Waals surface area contributed by atoms with Crippen molar-refractivity contribution in [2.24, 2.45) is 0 Å². The van der Waals surface area contributed by atoms with E-state index in [2.05, 4.69) is 31.2 Å². The van der Waals surface area contributed by atoms with Crippen LogP contribution < -0.4 is 14.8 Å². The number of fused-ring (bicyclic) bond motifs is 1. The highest BCUT2D eigenvalue weighted by molar-refractivity contribution is 9.10. The van der Waals surface area contributed by atoms with E-state index >= 15 is 0 Å². The average Bonchev–Trinajstić information content (AvgIpc) is 2.62. The first-order valence-electron chi connectivity index (χ1n) is 7.27. The van der Waals surface area contributed by atoms with Crippen molar-refractivity contribution in [1.29, 1.82) is 0 Å². The van der Waals surface area contributed by atoms with Crippen molar-refractivity contribution in [2.45, 2.75) is 6.43 Å². The van der Waals surface area contributed by atoms with Gasteiger partial charge in [0.2, 0.25) is 0 Å². The molecule has 5 nitrogen and oxygen atoms in total. The van der Waals surface area contributed by atoms with Gasteiger partial charge in [-0.15, -0.1) is 0 Å². The Morgan fingerprint density at radius 1 is 1.04 bits per heavy atom. The summed E-state index contributed by atoms with van der Waals surface area (Å²) in [5.41, 5.74) is 1.02. The molecule has 1 N–H and O–H groups in total. The van der Waals surface area contributed by atoms with Crippen LogP contribution in [0.15, 0.2) is 40.9 Å². The van der Waals surface area contributed by atoms with Crippen LogP contribution in [0.1, 0.15) is 12.2 Å². The molecule has 0 aliphatic carbocycles. The fourth-order valence-electron chi connectivity index (χ4n) is 2.37. The number of aromatic nitrogens is 2. The van der Waals surface area contributed by atoms with E-state index < -0.39 is 12.2 Å². The van der Waals surface area contributed by atoms with Crippen LogP contribution in [0.5, 0.6) is 11.5 Å². The second kappa shape index (κ2) is 7.18. The number of hydrogen-bond acceptors (Lipinski definition) is 5. The minimum atomic E-state index is -2.76. The Labute approximate surface area is 151 Å². The summed E-state index contributed by atoms with van der Waals surface area (Å²) in [7, 11) is 3.05. The molecule has 0 radical (unpaired) electrons. The number of halogens is 3. The molecule has 0 atom stereocenters. The predicted molar refractivity (Wildman–Crippen MR) is 95.0 cm³/mol. The molecule has 1 heterocycles. The number of nitrogens with zero attached hydrogens (tertiary/aromatic N) is 2. The molecular formula is C17H14BrF2N3O2. The number of ether oxygens (including phenoxy) is 2. The van der Waals surface area contributed by atoms with Crippen LogP contribution >= 0.6 is 15.9 Å². The van der Waals surface area contributed by atoms with Crippen LogP contribution in [0.3, 0.4) is 0 Å². The number of benzene rings is 2. The minimum Gasteiger partial charge on any atom is -0.495 e. The lowest BCUT2D eigenvalue weighted by Crippen LogP contribution is -2.03. The first-order chi connectivity index (χ1) is 12.0.